The quantitative estimate of drug-likeness (QED) is 0.680. The molecule has 0 aliphatic heterocycles. The second-order valence-electron chi connectivity index (χ2n) is 5.10. The van der Waals surface area contributed by atoms with E-state index in [0.717, 1.165) is 0 Å². The molecule has 3 N–H and O–H groups in total. The Morgan fingerprint density at radius 1 is 1.16 bits per heavy atom. The van der Waals surface area contributed by atoms with Crippen LogP contribution in [0.25, 0.3) is 0 Å². The number of carbonyl (C=O) groups is 1. The lowest BCUT2D eigenvalue weighted by atomic mass is 9.98. The molecule has 2 aromatic carbocycles. The van der Waals surface area contributed by atoms with Crippen LogP contribution in [0.2, 0.25) is 5.02 Å². The van der Waals surface area contributed by atoms with Gasteiger partial charge in [-0.25, -0.2) is 4.79 Å². The van der Waals surface area contributed by atoms with Crippen molar-refractivity contribution in [1.29, 1.82) is 0 Å². The van der Waals surface area contributed by atoms with Crippen molar-refractivity contribution in [3.63, 3.8) is 0 Å². The minimum Gasteiger partial charge on any atom is -0.490 e. The number of aliphatic hydroxyl groups is 1. The van der Waals surface area contributed by atoms with E-state index in [1.165, 1.54) is 12.1 Å². The van der Waals surface area contributed by atoms with Gasteiger partial charge < -0.3 is 19.7 Å². The molecule has 0 aromatic heterocycles. The highest BCUT2D eigenvalue weighted by Gasteiger charge is 2.22. The maximum absolute atomic E-state index is 11.0. The van der Waals surface area contributed by atoms with Crippen molar-refractivity contribution in [3.8, 4) is 11.5 Å². The first-order valence-electron chi connectivity index (χ1n) is 7.83. The molecule has 1 atom stereocenters. The summed E-state index contributed by atoms with van der Waals surface area (Å²) >= 11 is 6.02. The van der Waals surface area contributed by atoms with Crippen molar-refractivity contribution < 1.29 is 24.5 Å². The van der Waals surface area contributed by atoms with Gasteiger partial charge in [0.15, 0.2) is 11.5 Å². The number of benzene rings is 2. The molecule has 6 nitrogen and oxygen atoms in total. The minimum atomic E-state index is -1.23. The number of nitrogens with one attached hydrogen (secondary N) is 1. The fourth-order valence-corrected chi connectivity index (χ4v) is 2.65. The van der Waals surface area contributed by atoms with E-state index in [4.69, 9.17) is 26.2 Å². The van der Waals surface area contributed by atoms with Gasteiger partial charge in [0.2, 0.25) is 0 Å². The van der Waals surface area contributed by atoms with E-state index >= 15 is 0 Å². The highest BCUT2D eigenvalue weighted by Crippen LogP contribution is 2.40. The van der Waals surface area contributed by atoms with Gasteiger partial charge in [0, 0.05) is 16.1 Å². The molecule has 0 saturated heterocycles. The fourth-order valence-electron chi connectivity index (χ4n) is 2.47. The van der Waals surface area contributed by atoms with E-state index in [9.17, 15) is 9.90 Å². The molecule has 0 fully saturated rings. The van der Waals surface area contributed by atoms with Gasteiger partial charge in [-0.3, -0.25) is 5.32 Å². The van der Waals surface area contributed by atoms with Crippen molar-refractivity contribution in [2.75, 3.05) is 18.5 Å². The summed E-state index contributed by atoms with van der Waals surface area (Å²) in [6, 6.07) is 9.75. The zero-order chi connectivity index (χ0) is 18.4. The molecular formula is C18H20ClNO5. The van der Waals surface area contributed by atoms with Gasteiger partial charge in [0.1, 0.15) is 6.10 Å². The lowest BCUT2D eigenvalue weighted by molar-refractivity contribution is 0.206. The molecule has 0 aliphatic rings. The molecule has 0 spiro atoms. The summed E-state index contributed by atoms with van der Waals surface area (Å²) < 4.78 is 11.2. The molecule has 25 heavy (non-hydrogen) atoms. The number of hydrogen-bond acceptors (Lipinski definition) is 4. The van der Waals surface area contributed by atoms with Crippen LogP contribution in [0.4, 0.5) is 10.5 Å². The van der Waals surface area contributed by atoms with Gasteiger partial charge in [-0.1, -0.05) is 23.7 Å². The molecule has 134 valence electrons. The predicted molar refractivity (Wildman–Crippen MR) is 95.9 cm³/mol. The largest absolute Gasteiger partial charge is 0.490 e. The van der Waals surface area contributed by atoms with Crippen LogP contribution >= 0.6 is 11.6 Å². The highest BCUT2D eigenvalue weighted by molar-refractivity contribution is 6.30. The van der Waals surface area contributed by atoms with Crippen LogP contribution < -0.4 is 14.8 Å². The van der Waals surface area contributed by atoms with Crippen LogP contribution in [-0.4, -0.2) is 29.5 Å². The van der Waals surface area contributed by atoms with Gasteiger partial charge in [-0.15, -0.1) is 0 Å². The summed E-state index contributed by atoms with van der Waals surface area (Å²) in [5, 5.41) is 22.5. The van der Waals surface area contributed by atoms with E-state index < -0.39 is 12.2 Å². The summed E-state index contributed by atoms with van der Waals surface area (Å²) in [6.45, 7) is 4.52. The highest BCUT2D eigenvalue weighted by atomic mass is 35.5. The number of carboxylic acid groups (broad SMARTS) is 1. The average molecular weight is 366 g/mol. The lowest BCUT2D eigenvalue weighted by Crippen LogP contribution is -2.12. The van der Waals surface area contributed by atoms with Crippen molar-refractivity contribution in [2.45, 2.75) is 20.0 Å². The van der Waals surface area contributed by atoms with Gasteiger partial charge in [0.25, 0.3) is 0 Å². The number of amides is 1. The monoisotopic (exact) mass is 365 g/mol. The number of halogens is 1. The molecule has 0 heterocycles. The summed E-state index contributed by atoms with van der Waals surface area (Å²) in [6.07, 6.45) is -2.38. The van der Waals surface area contributed by atoms with Crippen LogP contribution in [-0.2, 0) is 0 Å². The molecule has 0 saturated carbocycles. The van der Waals surface area contributed by atoms with Gasteiger partial charge in [-0.05, 0) is 38.1 Å². The van der Waals surface area contributed by atoms with Crippen LogP contribution in [0.5, 0.6) is 11.5 Å². The van der Waals surface area contributed by atoms with Crippen molar-refractivity contribution >= 4 is 23.4 Å². The molecule has 2 rings (SSSR count). The first-order chi connectivity index (χ1) is 12.0. The summed E-state index contributed by atoms with van der Waals surface area (Å²) in [5.74, 6) is 0.927. The molecule has 0 bridgehead atoms. The smallest absolute Gasteiger partial charge is 0.409 e. The Hall–Kier alpha value is -2.44. The number of ether oxygens (including phenoxy) is 2. The van der Waals surface area contributed by atoms with Gasteiger partial charge in [0.05, 0.1) is 18.9 Å². The van der Waals surface area contributed by atoms with Crippen LogP contribution in [0.15, 0.2) is 36.4 Å². The summed E-state index contributed by atoms with van der Waals surface area (Å²) in [4.78, 5) is 11.0. The Labute approximate surface area is 151 Å². The molecule has 0 aliphatic carbocycles. The maximum Gasteiger partial charge on any atom is 0.409 e. The second-order valence-corrected chi connectivity index (χ2v) is 5.54. The number of aliphatic hydroxyl groups excluding tert-OH is 1. The molecule has 1 unspecified atom stereocenters. The standard InChI is InChI=1S/C18H20ClNO5/c1-3-24-15-7-5-6-12(17(15)25-4-2)16(21)13-10-11(19)8-9-14(13)20-18(22)23/h5-10,16,20-21H,3-4H2,1-2H3,(H,22,23). The average Bonchev–Trinajstić information content (AvgIpc) is 2.57. The third-order valence-electron chi connectivity index (χ3n) is 3.44. The Bertz CT molecular complexity index is 750. The summed E-state index contributed by atoms with van der Waals surface area (Å²) in [5.41, 5.74) is 1.03. The Balaban J connectivity index is 2.53. The maximum atomic E-state index is 11.0. The summed E-state index contributed by atoms with van der Waals surface area (Å²) in [7, 11) is 0. The van der Waals surface area contributed by atoms with E-state index in [2.05, 4.69) is 5.32 Å². The normalized spacial score (nSPS) is 11.7. The molecular weight excluding hydrogens is 346 g/mol. The van der Waals surface area contributed by atoms with Gasteiger partial charge >= 0.3 is 6.09 Å². The molecule has 7 heteroatoms. The minimum absolute atomic E-state index is 0.244. The predicted octanol–water partition coefficient (Wildman–Crippen LogP) is 4.31. The van der Waals surface area contributed by atoms with E-state index in [1.807, 2.05) is 13.8 Å². The van der Waals surface area contributed by atoms with E-state index in [-0.39, 0.29) is 5.69 Å². The molecule has 0 radical (unpaired) electrons. The zero-order valence-corrected chi connectivity index (χ0v) is 14.7. The number of hydrogen-bond donors (Lipinski definition) is 3. The first-order valence-corrected chi connectivity index (χ1v) is 8.21. The Kier molecular flexibility index (Phi) is 6.50. The topological polar surface area (TPSA) is 88.0 Å². The van der Waals surface area contributed by atoms with Gasteiger partial charge in [-0.2, -0.15) is 0 Å². The third kappa shape index (κ3) is 4.55. The first kappa shape index (κ1) is 18.9. The van der Waals surface area contributed by atoms with Crippen molar-refractivity contribution in [3.05, 3.63) is 52.5 Å². The third-order valence-corrected chi connectivity index (χ3v) is 3.68. The van der Waals surface area contributed by atoms with Crippen LogP contribution in [0, 0.1) is 0 Å². The van der Waals surface area contributed by atoms with Crippen molar-refractivity contribution in [2.24, 2.45) is 0 Å². The Morgan fingerprint density at radius 3 is 2.52 bits per heavy atom. The number of rotatable bonds is 7. The lowest BCUT2D eigenvalue weighted by Gasteiger charge is -2.21. The van der Waals surface area contributed by atoms with E-state index in [1.54, 1.807) is 24.3 Å². The van der Waals surface area contributed by atoms with Crippen LogP contribution in [0.3, 0.4) is 0 Å². The Morgan fingerprint density at radius 2 is 1.88 bits per heavy atom. The fraction of sp³-hybridized carbons (Fsp3) is 0.278. The number of para-hydroxylation sites is 1. The molecule has 2 aromatic rings. The van der Waals surface area contributed by atoms with Crippen molar-refractivity contribution in [1.82, 2.24) is 0 Å². The number of anilines is 1. The molecule has 1 amide bonds. The van der Waals surface area contributed by atoms with Crippen LogP contribution in [0.1, 0.15) is 31.1 Å². The second kappa shape index (κ2) is 8.60. The van der Waals surface area contributed by atoms with E-state index in [0.29, 0.717) is 40.9 Å². The zero-order valence-electron chi connectivity index (χ0n) is 14.0. The SMILES string of the molecule is CCOc1cccc(C(O)c2cc(Cl)ccc2NC(=O)O)c1OCC.